The molecule has 12 nitrogen and oxygen atoms in total. The first-order chi connectivity index (χ1) is 21.2. The number of allylic oxidation sites excluding steroid dienone is 1. The second kappa shape index (κ2) is 14.8. The zero-order valence-corrected chi connectivity index (χ0v) is 25.2. The SMILES string of the molecule is COC(=O)CCCCN1C(=O)[C@@](O)([C@@H](C)/C=C/CCn2cc(CCO)nn2)c2cc(NC(=O)c3ccc(OC)cc3)ccc21. The van der Waals surface area contributed by atoms with Gasteiger partial charge in [-0.1, -0.05) is 24.3 Å². The molecular weight excluding hydrogens is 566 g/mol. The fraction of sp³-hybridized carbons (Fsp3) is 0.406. The average molecular weight is 606 g/mol. The van der Waals surface area contributed by atoms with Crippen molar-refractivity contribution in [1.29, 1.82) is 0 Å². The quantitative estimate of drug-likeness (QED) is 0.134. The molecule has 2 atom stereocenters. The largest absolute Gasteiger partial charge is 0.497 e. The van der Waals surface area contributed by atoms with Crippen molar-refractivity contribution in [3.05, 3.63) is 77.6 Å². The van der Waals surface area contributed by atoms with Gasteiger partial charge in [-0.05, 0) is 61.7 Å². The molecule has 44 heavy (non-hydrogen) atoms. The summed E-state index contributed by atoms with van der Waals surface area (Å²) in [6, 6.07) is 11.8. The maximum absolute atomic E-state index is 13.9. The first kappa shape index (κ1) is 32.4. The van der Waals surface area contributed by atoms with Crippen molar-refractivity contribution in [3.63, 3.8) is 0 Å². The standard InChI is InChI=1S/C32H39N5O7/c1-22(8-4-6-17-36-21-25(16-19-38)34-35-36)32(42)27-20-24(33-30(40)23-10-13-26(43-2)14-11-23)12-15-28(27)37(31(32)41)18-7-5-9-29(39)44-3/h4,8,10-15,20-22,38,42H,5-7,9,16-19H2,1-3H3,(H,33,40)/b8-4+/t22-,32+/m0/s1. The first-order valence-corrected chi connectivity index (χ1v) is 14.6. The molecular formula is C32H39N5O7. The molecule has 0 spiro atoms. The van der Waals surface area contributed by atoms with Gasteiger partial charge in [-0.15, -0.1) is 5.10 Å². The second-order valence-electron chi connectivity index (χ2n) is 10.6. The number of benzene rings is 2. The van der Waals surface area contributed by atoms with Gasteiger partial charge in [0.2, 0.25) is 0 Å². The van der Waals surface area contributed by atoms with Gasteiger partial charge >= 0.3 is 5.97 Å². The summed E-state index contributed by atoms with van der Waals surface area (Å²) < 4.78 is 11.6. The van der Waals surface area contributed by atoms with Crippen molar-refractivity contribution in [2.24, 2.45) is 5.92 Å². The molecule has 0 unspecified atom stereocenters. The molecule has 0 radical (unpaired) electrons. The number of carbonyl (C=O) groups excluding carboxylic acids is 3. The van der Waals surface area contributed by atoms with Crippen LogP contribution in [0.3, 0.4) is 0 Å². The molecule has 0 bridgehead atoms. The third-order valence-electron chi connectivity index (χ3n) is 7.68. The number of esters is 1. The third-order valence-corrected chi connectivity index (χ3v) is 7.68. The Bertz CT molecular complexity index is 1490. The highest BCUT2D eigenvalue weighted by atomic mass is 16.5. The van der Waals surface area contributed by atoms with E-state index < -0.39 is 17.4 Å². The van der Waals surface area contributed by atoms with Gasteiger partial charge in [0.25, 0.3) is 11.8 Å². The number of anilines is 2. The molecule has 1 aromatic heterocycles. The van der Waals surface area contributed by atoms with Gasteiger partial charge in [-0.25, -0.2) is 0 Å². The molecule has 2 aromatic carbocycles. The number of aliphatic hydroxyl groups excluding tert-OH is 1. The summed E-state index contributed by atoms with van der Waals surface area (Å²) in [6.07, 6.45) is 7.77. The number of unbranched alkanes of at least 4 members (excludes halogenated alkanes) is 1. The number of hydrogen-bond donors (Lipinski definition) is 3. The fourth-order valence-electron chi connectivity index (χ4n) is 5.16. The van der Waals surface area contributed by atoms with Gasteiger partial charge in [0.1, 0.15) is 5.75 Å². The van der Waals surface area contributed by atoms with Crippen LogP contribution in [0.5, 0.6) is 5.75 Å². The molecule has 2 heterocycles. The number of aliphatic hydroxyl groups is 2. The molecule has 0 saturated carbocycles. The topological polar surface area (TPSA) is 156 Å². The summed E-state index contributed by atoms with van der Waals surface area (Å²) in [5.74, 6) is -1.11. The summed E-state index contributed by atoms with van der Waals surface area (Å²) in [7, 11) is 2.89. The summed E-state index contributed by atoms with van der Waals surface area (Å²) in [5.41, 5.74) is 0.633. The van der Waals surface area contributed by atoms with E-state index in [1.54, 1.807) is 78.4 Å². The van der Waals surface area contributed by atoms with Crippen molar-refractivity contribution in [2.75, 3.05) is 37.6 Å². The van der Waals surface area contributed by atoms with Gasteiger partial charge in [-0.3, -0.25) is 19.1 Å². The number of ether oxygens (including phenoxy) is 2. The van der Waals surface area contributed by atoms with E-state index in [2.05, 4.69) is 15.6 Å². The number of amides is 2. The van der Waals surface area contributed by atoms with E-state index in [1.807, 2.05) is 6.08 Å². The van der Waals surface area contributed by atoms with Gasteiger partial charge in [0.05, 0.1) is 25.6 Å². The van der Waals surface area contributed by atoms with E-state index >= 15 is 0 Å². The molecule has 1 aliphatic rings. The summed E-state index contributed by atoms with van der Waals surface area (Å²) >= 11 is 0. The van der Waals surface area contributed by atoms with Crippen molar-refractivity contribution in [1.82, 2.24) is 15.0 Å². The van der Waals surface area contributed by atoms with Crippen LogP contribution in [-0.4, -0.2) is 70.4 Å². The maximum Gasteiger partial charge on any atom is 0.305 e. The van der Waals surface area contributed by atoms with Crippen molar-refractivity contribution in [3.8, 4) is 5.75 Å². The monoisotopic (exact) mass is 605 g/mol. The number of methoxy groups -OCH3 is 2. The Morgan fingerprint density at radius 2 is 1.89 bits per heavy atom. The van der Waals surface area contributed by atoms with Gasteiger partial charge in [0.15, 0.2) is 5.60 Å². The van der Waals surface area contributed by atoms with Gasteiger partial charge in [-0.2, -0.15) is 0 Å². The predicted molar refractivity (Wildman–Crippen MR) is 163 cm³/mol. The molecule has 0 aliphatic carbocycles. The molecule has 1 aliphatic heterocycles. The summed E-state index contributed by atoms with van der Waals surface area (Å²) in [5, 5.41) is 32.1. The Morgan fingerprint density at radius 3 is 2.59 bits per heavy atom. The van der Waals surface area contributed by atoms with E-state index in [4.69, 9.17) is 14.6 Å². The number of carbonyl (C=O) groups is 3. The normalized spacial score (nSPS) is 16.7. The number of rotatable bonds is 15. The number of fused-ring (bicyclic) bond motifs is 1. The minimum absolute atomic E-state index is 0.000624. The predicted octanol–water partition coefficient (Wildman–Crippen LogP) is 3.23. The summed E-state index contributed by atoms with van der Waals surface area (Å²) in [4.78, 5) is 39.9. The molecule has 3 N–H and O–H groups in total. The van der Waals surface area contributed by atoms with Crippen LogP contribution in [0.4, 0.5) is 11.4 Å². The van der Waals surface area contributed by atoms with Crippen LogP contribution in [0.25, 0.3) is 0 Å². The maximum atomic E-state index is 13.9. The van der Waals surface area contributed by atoms with Crippen LogP contribution < -0.4 is 15.0 Å². The fourth-order valence-corrected chi connectivity index (χ4v) is 5.16. The summed E-state index contributed by atoms with van der Waals surface area (Å²) in [6.45, 7) is 2.62. The number of aromatic nitrogens is 3. The molecule has 12 heteroatoms. The number of aryl methyl sites for hydroxylation is 1. The molecule has 4 rings (SSSR count). The second-order valence-corrected chi connectivity index (χ2v) is 10.6. The van der Waals surface area contributed by atoms with Crippen LogP contribution >= 0.6 is 0 Å². The van der Waals surface area contributed by atoms with Crippen LogP contribution in [-0.2, 0) is 32.9 Å². The Morgan fingerprint density at radius 1 is 1.11 bits per heavy atom. The third kappa shape index (κ3) is 7.32. The molecule has 234 valence electrons. The highest BCUT2D eigenvalue weighted by molar-refractivity contribution is 6.09. The average Bonchev–Trinajstić information content (AvgIpc) is 3.57. The van der Waals surface area contributed by atoms with Crippen molar-refractivity contribution >= 4 is 29.2 Å². The van der Waals surface area contributed by atoms with E-state index in [1.165, 1.54) is 7.11 Å². The lowest BCUT2D eigenvalue weighted by Gasteiger charge is -2.28. The number of nitrogens with zero attached hydrogens (tertiary/aromatic N) is 4. The van der Waals surface area contributed by atoms with Crippen LogP contribution in [0, 0.1) is 5.92 Å². The highest BCUT2D eigenvalue weighted by Gasteiger charge is 2.52. The lowest BCUT2D eigenvalue weighted by molar-refractivity contribution is -0.140. The van der Waals surface area contributed by atoms with E-state index in [0.717, 1.165) is 0 Å². The molecule has 2 amide bonds. The van der Waals surface area contributed by atoms with Gasteiger partial charge < -0.3 is 29.9 Å². The van der Waals surface area contributed by atoms with Crippen LogP contribution in [0.15, 0.2) is 60.8 Å². The number of hydrogen-bond acceptors (Lipinski definition) is 9. The Hall–Kier alpha value is -4.55. The van der Waals surface area contributed by atoms with Crippen LogP contribution in [0.2, 0.25) is 0 Å². The Labute approximate surface area is 256 Å². The van der Waals surface area contributed by atoms with E-state index in [9.17, 15) is 19.5 Å². The zero-order chi connectivity index (χ0) is 31.7. The van der Waals surface area contributed by atoms with E-state index in [-0.39, 0.29) is 24.9 Å². The lowest BCUT2D eigenvalue weighted by atomic mass is 9.82. The van der Waals surface area contributed by atoms with E-state index in [0.29, 0.717) is 72.7 Å². The minimum Gasteiger partial charge on any atom is -0.497 e. The Balaban J connectivity index is 1.54. The minimum atomic E-state index is -1.88. The molecule has 0 saturated heterocycles. The molecule has 0 fully saturated rings. The highest BCUT2D eigenvalue weighted by Crippen LogP contribution is 2.46. The van der Waals surface area contributed by atoms with Crippen molar-refractivity contribution < 1.29 is 34.1 Å². The van der Waals surface area contributed by atoms with Crippen LogP contribution in [0.1, 0.15) is 54.2 Å². The zero-order valence-electron chi connectivity index (χ0n) is 25.2. The first-order valence-electron chi connectivity index (χ1n) is 14.6. The number of nitrogens with one attached hydrogen (secondary N) is 1. The lowest BCUT2D eigenvalue weighted by Crippen LogP contribution is -2.44. The smallest absolute Gasteiger partial charge is 0.305 e. The molecule has 3 aromatic rings. The Kier molecular flexibility index (Phi) is 10.9. The van der Waals surface area contributed by atoms with Crippen molar-refractivity contribution in [2.45, 2.75) is 51.2 Å². The van der Waals surface area contributed by atoms with Gasteiger partial charge in [0, 0.05) is 61.5 Å².